The minimum Gasteiger partial charge on any atom is -0.457 e. The second kappa shape index (κ2) is 18.9. The zero-order valence-electron chi connectivity index (χ0n) is 28.5. The molecule has 0 saturated carbocycles. The average molecular weight is 642 g/mol. The van der Waals surface area contributed by atoms with Crippen LogP contribution in [0.3, 0.4) is 0 Å². The largest absolute Gasteiger partial charge is 0.457 e. The van der Waals surface area contributed by atoms with Crippen molar-refractivity contribution in [1.29, 1.82) is 5.41 Å². The number of epoxide rings is 1. The third-order valence-electron chi connectivity index (χ3n) is 8.54. The molecule has 2 aliphatic rings. The Hall–Kier alpha value is -3.11. The van der Waals surface area contributed by atoms with Gasteiger partial charge < -0.3 is 34.9 Å². The van der Waals surface area contributed by atoms with Gasteiger partial charge in [-0.05, 0) is 62.7 Å². The molecule has 0 aliphatic carbocycles. The highest BCUT2D eigenvalue weighted by Gasteiger charge is 2.44. The molecule has 1 aromatic carbocycles. The van der Waals surface area contributed by atoms with Gasteiger partial charge in [0.05, 0.1) is 31.3 Å². The fourth-order valence-corrected chi connectivity index (χ4v) is 5.46. The molecule has 9 atom stereocenters. The summed E-state index contributed by atoms with van der Waals surface area (Å²) >= 11 is 0. The molecule has 256 valence electrons. The Bertz CT molecular complexity index is 1210. The van der Waals surface area contributed by atoms with E-state index in [0.717, 1.165) is 29.7 Å². The third kappa shape index (κ3) is 13.3. The van der Waals surface area contributed by atoms with Crippen LogP contribution >= 0.6 is 0 Å². The Morgan fingerprint density at radius 1 is 1.20 bits per heavy atom. The summed E-state index contributed by atoms with van der Waals surface area (Å²) in [5.74, 6) is -0.873. The molecule has 9 heteroatoms. The molecule has 9 unspecified atom stereocenters. The SMILES string of the molecule is CCC(=N)C(C)C1OC1CC(C)/C=C/C=C(\C)C1OC(=O)CC(O)CCC(C)(O)C(OC(C)=O)/C=C/C1C.OCc1ccccc1. The zero-order valence-corrected chi connectivity index (χ0v) is 28.5. The number of ether oxygens (including phenoxy) is 3. The normalized spacial score (nSPS) is 30.8. The fraction of sp³-hybridized carbons (Fsp3) is 0.595. The summed E-state index contributed by atoms with van der Waals surface area (Å²) in [5, 5.41) is 37.9. The van der Waals surface area contributed by atoms with Gasteiger partial charge in [-0.2, -0.15) is 0 Å². The van der Waals surface area contributed by atoms with E-state index in [1.807, 2.05) is 63.3 Å². The number of benzene rings is 1. The van der Waals surface area contributed by atoms with Crippen molar-refractivity contribution >= 4 is 17.7 Å². The van der Waals surface area contributed by atoms with Crippen molar-refractivity contribution in [3.8, 4) is 0 Å². The quantitative estimate of drug-likeness (QED) is 0.0816. The first kappa shape index (κ1) is 39.1. The summed E-state index contributed by atoms with van der Waals surface area (Å²) in [6, 6.07) is 9.52. The molecular weight excluding hydrogens is 586 g/mol. The molecule has 0 spiro atoms. The maximum absolute atomic E-state index is 12.6. The molecule has 2 aliphatic heterocycles. The Morgan fingerprint density at radius 3 is 2.46 bits per heavy atom. The first-order valence-electron chi connectivity index (χ1n) is 16.4. The molecule has 46 heavy (non-hydrogen) atoms. The van der Waals surface area contributed by atoms with Crippen molar-refractivity contribution in [2.45, 2.75) is 123 Å². The first-order chi connectivity index (χ1) is 21.7. The second-order valence-electron chi connectivity index (χ2n) is 12.9. The Balaban J connectivity index is 0.000000797. The van der Waals surface area contributed by atoms with E-state index in [-0.39, 0.29) is 55.8 Å². The van der Waals surface area contributed by atoms with E-state index < -0.39 is 35.9 Å². The van der Waals surface area contributed by atoms with E-state index in [2.05, 4.69) is 19.9 Å². The summed E-state index contributed by atoms with van der Waals surface area (Å²) in [6.07, 6.45) is 8.98. The van der Waals surface area contributed by atoms with E-state index in [1.165, 1.54) is 6.92 Å². The van der Waals surface area contributed by atoms with Crippen LogP contribution in [-0.2, 0) is 30.4 Å². The van der Waals surface area contributed by atoms with Crippen LogP contribution in [0, 0.1) is 23.2 Å². The van der Waals surface area contributed by atoms with Crippen molar-refractivity contribution in [2.75, 3.05) is 0 Å². The van der Waals surface area contributed by atoms with Gasteiger partial charge in [-0.15, -0.1) is 0 Å². The highest BCUT2D eigenvalue weighted by molar-refractivity contribution is 5.84. The van der Waals surface area contributed by atoms with Gasteiger partial charge >= 0.3 is 11.9 Å². The molecule has 4 N–H and O–H groups in total. The molecule has 3 rings (SSSR count). The molecule has 0 bridgehead atoms. The topological polar surface area (TPSA) is 150 Å². The smallest absolute Gasteiger partial charge is 0.309 e. The van der Waals surface area contributed by atoms with E-state index in [1.54, 1.807) is 19.1 Å². The van der Waals surface area contributed by atoms with Crippen molar-refractivity contribution in [3.05, 3.63) is 71.8 Å². The van der Waals surface area contributed by atoms with Gasteiger partial charge in [0.25, 0.3) is 0 Å². The number of nitrogens with one attached hydrogen (secondary N) is 1. The zero-order chi connectivity index (χ0) is 34.4. The average Bonchev–Trinajstić information content (AvgIpc) is 3.78. The van der Waals surface area contributed by atoms with Crippen molar-refractivity contribution in [2.24, 2.45) is 17.8 Å². The van der Waals surface area contributed by atoms with Crippen LogP contribution in [0.25, 0.3) is 0 Å². The molecule has 0 radical (unpaired) electrons. The molecule has 0 amide bonds. The molecule has 1 saturated heterocycles. The number of hydrogen-bond acceptors (Lipinski definition) is 9. The van der Waals surface area contributed by atoms with Crippen LogP contribution in [0.2, 0.25) is 0 Å². The van der Waals surface area contributed by atoms with Crippen LogP contribution in [0.1, 0.15) is 86.1 Å². The van der Waals surface area contributed by atoms with Gasteiger partial charge in [0, 0.05) is 24.5 Å². The van der Waals surface area contributed by atoms with E-state index in [0.29, 0.717) is 0 Å². The van der Waals surface area contributed by atoms with Gasteiger partial charge in [0.2, 0.25) is 0 Å². The number of aliphatic hydroxyl groups is 3. The highest BCUT2D eigenvalue weighted by Crippen LogP contribution is 2.35. The van der Waals surface area contributed by atoms with E-state index in [4.69, 9.17) is 24.7 Å². The van der Waals surface area contributed by atoms with Gasteiger partial charge in [0.15, 0.2) is 0 Å². The standard InChI is InChI=1S/C30H47NO7.C7H8O/c1-8-24(31)21(5)29-25(37-29)16-18(2)10-9-11-19(3)28-20(4)12-13-26(36-22(6)32)30(7,35)15-14-23(33)17-27(34)38-28;8-6-7-4-2-1-3-5-7/h9-13,18,20-21,23,25-26,28-29,31,33,35H,8,14-17H2,1-7H3;1-5,8H,6H2/b10-9+,13-12+,19-11+,31-24?;. The Morgan fingerprint density at radius 2 is 1.87 bits per heavy atom. The maximum Gasteiger partial charge on any atom is 0.309 e. The minimum absolute atomic E-state index is 0.130. The molecule has 9 nitrogen and oxygen atoms in total. The van der Waals surface area contributed by atoms with Crippen LogP contribution in [0.15, 0.2) is 66.3 Å². The van der Waals surface area contributed by atoms with Gasteiger partial charge in [0.1, 0.15) is 17.8 Å². The predicted octanol–water partition coefficient (Wildman–Crippen LogP) is 5.86. The number of carbonyl (C=O) groups excluding carboxylic acids is 2. The molecule has 2 heterocycles. The van der Waals surface area contributed by atoms with Crippen molar-refractivity contribution in [3.63, 3.8) is 0 Å². The van der Waals surface area contributed by atoms with Crippen molar-refractivity contribution < 1.29 is 39.1 Å². The van der Waals surface area contributed by atoms with E-state index in [9.17, 15) is 19.8 Å². The number of allylic oxidation sites excluding steroid dienone is 3. The van der Waals surface area contributed by atoms with Gasteiger partial charge in [-0.3, -0.25) is 9.59 Å². The van der Waals surface area contributed by atoms with Crippen LogP contribution in [0.4, 0.5) is 0 Å². The summed E-state index contributed by atoms with van der Waals surface area (Å²) in [6.45, 7) is 12.9. The second-order valence-corrected chi connectivity index (χ2v) is 12.9. The molecule has 1 aromatic rings. The minimum atomic E-state index is -1.40. The summed E-state index contributed by atoms with van der Waals surface area (Å²) in [4.78, 5) is 24.2. The van der Waals surface area contributed by atoms with Gasteiger partial charge in [-0.1, -0.05) is 82.3 Å². The number of hydrogen-bond donors (Lipinski definition) is 4. The highest BCUT2D eigenvalue weighted by atomic mass is 16.6. The summed E-state index contributed by atoms with van der Waals surface area (Å²) < 4.78 is 17.0. The third-order valence-corrected chi connectivity index (χ3v) is 8.54. The molecule has 1 fully saturated rings. The fourth-order valence-electron chi connectivity index (χ4n) is 5.46. The first-order valence-corrected chi connectivity index (χ1v) is 16.4. The van der Waals surface area contributed by atoms with Crippen LogP contribution < -0.4 is 0 Å². The van der Waals surface area contributed by atoms with Gasteiger partial charge in [-0.25, -0.2) is 0 Å². The lowest BCUT2D eigenvalue weighted by Gasteiger charge is -2.32. The van der Waals surface area contributed by atoms with Crippen LogP contribution in [-0.4, -0.2) is 69.1 Å². The molecular formula is C37H55NO8. The lowest BCUT2D eigenvalue weighted by atomic mass is 9.88. The Labute approximate surface area is 274 Å². The van der Waals surface area contributed by atoms with Crippen LogP contribution in [0.5, 0.6) is 0 Å². The lowest BCUT2D eigenvalue weighted by molar-refractivity contribution is -0.157. The predicted molar refractivity (Wildman–Crippen MR) is 179 cm³/mol. The number of aliphatic hydroxyl groups excluding tert-OH is 2. The van der Waals surface area contributed by atoms with Crippen molar-refractivity contribution in [1.82, 2.24) is 0 Å². The number of carbonyl (C=O) groups is 2. The summed E-state index contributed by atoms with van der Waals surface area (Å²) in [5.41, 5.74) is 1.12. The van der Waals surface area contributed by atoms with E-state index >= 15 is 0 Å². The lowest BCUT2D eigenvalue weighted by Crippen LogP contribution is -2.42. The number of rotatable bonds is 10. The maximum atomic E-state index is 12.6. The monoisotopic (exact) mass is 641 g/mol. The Kier molecular flexibility index (Phi) is 16.0. The number of cyclic esters (lactones) is 1. The number of esters is 2. The molecule has 0 aromatic heterocycles. The summed E-state index contributed by atoms with van der Waals surface area (Å²) in [7, 11) is 0.